The van der Waals surface area contributed by atoms with Crippen LogP contribution in [0, 0.1) is 0 Å². The van der Waals surface area contributed by atoms with Gasteiger partial charge in [-0.15, -0.1) is 0 Å². The number of carbonyl (C=O) groups excluding carboxylic acids is 1. The van der Waals surface area contributed by atoms with E-state index in [-0.39, 0.29) is 6.04 Å². The molecule has 8 heavy (non-hydrogen) atoms. The lowest BCUT2D eigenvalue weighted by molar-refractivity contribution is -0.115. The highest BCUT2D eigenvalue weighted by Crippen LogP contribution is 1.89. The van der Waals surface area contributed by atoms with Gasteiger partial charge in [0.1, 0.15) is 12.4 Å². The lowest BCUT2D eigenvalue weighted by Gasteiger charge is -2.04. The quantitative estimate of drug-likeness (QED) is 0.480. The molecule has 0 rings (SSSR count). The van der Waals surface area contributed by atoms with Gasteiger partial charge in [-0.3, -0.25) is 0 Å². The third-order valence-electron chi connectivity index (χ3n) is 0.770. The maximum Gasteiger partial charge on any atom is 0.148 e. The molecule has 0 amide bonds. The van der Waals surface area contributed by atoms with Crippen LogP contribution in [0.15, 0.2) is 0 Å². The second-order valence-electron chi connectivity index (χ2n) is 1.92. The summed E-state index contributed by atoms with van der Waals surface area (Å²) in [6, 6.07) is -0.102. The molecule has 0 aliphatic carbocycles. The molecule has 0 radical (unpaired) electrons. The molecule has 0 bridgehead atoms. The summed E-state index contributed by atoms with van der Waals surface area (Å²) in [6.07, 6.45) is -0.0395. The standard InChI is InChI=1S/C5H11NO2/c1-4(6)2-5(8)3-7/h3-5,8H,2,6H2,1H3. The molecule has 0 saturated carbocycles. The number of carbonyl (C=O) groups is 1. The first-order valence-corrected chi connectivity index (χ1v) is 2.55. The molecule has 0 fully saturated rings. The van der Waals surface area contributed by atoms with Crippen LogP contribution in [0.3, 0.4) is 0 Å². The van der Waals surface area contributed by atoms with Crippen LogP contribution in [0.4, 0.5) is 0 Å². The lowest BCUT2D eigenvalue weighted by atomic mass is 10.2. The molecule has 0 heterocycles. The van der Waals surface area contributed by atoms with Crippen molar-refractivity contribution in [2.75, 3.05) is 0 Å². The fraction of sp³-hybridized carbons (Fsp3) is 0.800. The monoisotopic (exact) mass is 117 g/mol. The van der Waals surface area contributed by atoms with Crippen molar-refractivity contribution in [1.82, 2.24) is 0 Å². The van der Waals surface area contributed by atoms with Crippen LogP contribution >= 0.6 is 0 Å². The maximum absolute atomic E-state index is 9.73. The number of hydrogen-bond acceptors (Lipinski definition) is 3. The van der Waals surface area contributed by atoms with E-state index in [4.69, 9.17) is 10.8 Å². The Balaban J connectivity index is 3.23. The summed E-state index contributed by atoms with van der Waals surface area (Å²) in [6.45, 7) is 1.74. The highest BCUT2D eigenvalue weighted by Gasteiger charge is 2.02. The van der Waals surface area contributed by atoms with Crippen LogP contribution in [0.5, 0.6) is 0 Å². The van der Waals surface area contributed by atoms with Gasteiger partial charge in [0.05, 0.1) is 0 Å². The van der Waals surface area contributed by atoms with Crippen LogP contribution < -0.4 is 5.73 Å². The Morgan fingerprint density at radius 1 is 1.88 bits per heavy atom. The van der Waals surface area contributed by atoms with Gasteiger partial charge in [0.15, 0.2) is 0 Å². The first-order chi connectivity index (χ1) is 3.66. The summed E-state index contributed by atoms with van der Waals surface area (Å²) in [5.41, 5.74) is 5.25. The molecule has 0 saturated heterocycles. The number of hydrogen-bond donors (Lipinski definition) is 2. The Morgan fingerprint density at radius 3 is 2.50 bits per heavy atom. The van der Waals surface area contributed by atoms with E-state index in [1.165, 1.54) is 0 Å². The summed E-state index contributed by atoms with van der Waals surface area (Å²) < 4.78 is 0. The zero-order chi connectivity index (χ0) is 6.57. The summed E-state index contributed by atoms with van der Waals surface area (Å²) in [7, 11) is 0. The largest absolute Gasteiger partial charge is 0.386 e. The van der Waals surface area contributed by atoms with E-state index in [9.17, 15) is 4.79 Å². The molecule has 3 heteroatoms. The van der Waals surface area contributed by atoms with E-state index in [1.54, 1.807) is 6.92 Å². The molecule has 0 aromatic rings. The Bertz CT molecular complexity index is 72.8. The second-order valence-corrected chi connectivity index (χ2v) is 1.92. The smallest absolute Gasteiger partial charge is 0.148 e. The van der Waals surface area contributed by atoms with Crippen LogP contribution in [0.2, 0.25) is 0 Å². The van der Waals surface area contributed by atoms with Gasteiger partial charge in [-0.25, -0.2) is 0 Å². The lowest BCUT2D eigenvalue weighted by Crippen LogP contribution is -2.23. The highest BCUT2D eigenvalue weighted by atomic mass is 16.3. The molecule has 3 nitrogen and oxygen atoms in total. The first-order valence-electron chi connectivity index (χ1n) is 2.55. The van der Waals surface area contributed by atoms with Crippen LogP contribution in [-0.2, 0) is 4.79 Å². The van der Waals surface area contributed by atoms with Crippen LogP contribution in [0.1, 0.15) is 13.3 Å². The van der Waals surface area contributed by atoms with E-state index in [0.29, 0.717) is 12.7 Å². The van der Waals surface area contributed by atoms with E-state index < -0.39 is 6.10 Å². The molecule has 48 valence electrons. The van der Waals surface area contributed by atoms with E-state index in [1.807, 2.05) is 0 Å². The fourth-order valence-corrected chi connectivity index (χ4v) is 0.436. The molecule has 2 atom stereocenters. The summed E-state index contributed by atoms with van der Waals surface area (Å²) >= 11 is 0. The molecule has 0 aromatic heterocycles. The maximum atomic E-state index is 9.73. The van der Waals surface area contributed by atoms with Crippen molar-refractivity contribution >= 4 is 6.29 Å². The highest BCUT2D eigenvalue weighted by molar-refractivity contribution is 5.55. The predicted octanol–water partition coefficient (Wildman–Crippen LogP) is -0.717. The minimum absolute atomic E-state index is 0.102. The topological polar surface area (TPSA) is 63.3 Å². The van der Waals surface area contributed by atoms with E-state index in [2.05, 4.69) is 0 Å². The molecular weight excluding hydrogens is 106 g/mol. The zero-order valence-electron chi connectivity index (χ0n) is 4.87. The number of nitrogens with two attached hydrogens (primary N) is 1. The average molecular weight is 117 g/mol. The predicted molar refractivity (Wildman–Crippen MR) is 30.3 cm³/mol. The molecule has 0 aliphatic rings. The Morgan fingerprint density at radius 2 is 2.38 bits per heavy atom. The third-order valence-corrected chi connectivity index (χ3v) is 0.770. The normalized spacial score (nSPS) is 17.4. The molecule has 0 aliphatic heterocycles. The van der Waals surface area contributed by atoms with Crippen LogP contribution in [-0.4, -0.2) is 23.5 Å². The molecule has 3 N–H and O–H groups in total. The van der Waals surface area contributed by atoms with Crippen molar-refractivity contribution in [2.24, 2.45) is 5.73 Å². The van der Waals surface area contributed by atoms with E-state index >= 15 is 0 Å². The van der Waals surface area contributed by atoms with Gasteiger partial charge >= 0.3 is 0 Å². The third kappa shape index (κ3) is 3.77. The number of rotatable bonds is 3. The number of aliphatic hydroxyl groups excluding tert-OH is 1. The minimum Gasteiger partial charge on any atom is -0.386 e. The molecular formula is C5H11NO2. The van der Waals surface area contributed by atoms with Crippen molar-refractivity contribution in [3.63, 3.8) is 0 Å². The van der Waals surface area contributed by atoms with Gasteiger partial charge in [0, 0.05) is 6.04 Å². The van der Waals surface area contributed by atoms with Crippen molar-refractivity contribution in [3.8, 4) is 0 Å². The van der Waals surface area contributed by atoms with Crippen molar-refractivity contribution < 1.29 is 9.90 Å². The minimum atomic E-state index is -0.880. The summed E-state index contributed by atoms with van der Waals surface area (Å²) in [4.78, 5) is 9.73. The Hall–Kier alpha value is -0.410. The molecule has 0 aromatic carbocycles. The summed E-state index contributed by atoms with van der Waals surface area (Å²) in [5, 5.41) is 8.58. The van der Waals surface area contributed by atoms with Gasteiger partial charge in [-0.05, 0) is 13.3 Å². The van der Waals surface area contributed by atoms with Gasteiger partial charge in [0.25, 0.3) is 0 Å². The van der Waals surface area contributed by atoms with Crippen molar-refractivity contribution in [1.29, 1.82) is 0 Å². The molecule has 0 spiro atoms. The van der Waals surface area contributed by atoms with Crippen molar-refractivity contribution in [3.05, 3.63) is 0 Å². The zero-order valence-corrected chi connectivity index (χ0v) is 4.87. The average Bonchev–Trinajstić information content (AvgIpc) is 1.65. The molecule has 2 unspecified atom stereocenters. The SMILES string of the molecule is CC(N)CC(O)C=O. The van der Waals surface area contributed by atoms with Crippen LogP contribution in [0.25, 0.3) is 0 Å². The van der Waals surface area contributed by atoms with Gasteiger partial charge in [-0.1, -0.05) is 0 Å². The fourth-order valence-electron chi connectivity index (χ4n) is 0.436. The van der Waals surface area contributed by atoms with Gasteiger partial charge < -0.3 is 15.6 Å². The first kappa shape index (κ1) is 7.59. The number of aldehydes is 1. The van der Waals surface area contributed by atoms with E-state index in [0.717, 1.165) is 0 Å². The Kier molecular flexibility index (Phi) is 3.39. The van der Waals surface area contributed by atoms with Gasteiger partial charge in [0.2, 0.25) is 0 Å². The second kappa shape index (κ2) is 3.57. The number of aliphatic hydroxyl groups is 1. The van der Waals surface area contributed by atoms with Crippen molar-refractivity contribution in [2.45, 2.75) is 25.5 Å². The van der Waals surface area contributed by atoms with Gasteiger partial charge in [-0.2, -0.15) is 0 Å². The summed E-state index contributed by atoms with van der Waals surface area (Å²) in [5.74, 6) is 0. The Labute approximate surface area is 48.5 Å².